The van der Waals surface area contributed by atoms with E-state index in [1.165, 1.54) is 14.2 Å². The first kappa shape index (κ1) is 19.0. The largest absolute Gasteiger partial charge is 0.497 e. The number of aliphatic carboxylic acids is 1. The summed E-state index contributed by atoms with van der Waals surface area (Å²) in [7, 11) is 2.99. The van der Waals surface area contributed by atoms with Crippen molar-refractivity contribution in [3.05, 3.63) is 53.6 Å². The van der Waals surface area contributed by atoms with Crippen LogP contribution >= 0.6 is 0 Å². The van der Waals surface area contributed by atoms with Gasteiger partial charge in [-0.2, -0.15) is 0 Å². The average molecular weight is 357 g/mol. The van der Waals surface area contributed by atoms with Gasteiger partial charge in [0.1, 0.15) is 11.5 Å². The summed E-state index contributed by atoms with van der Waals surface area (Å²) in [5.74, 6) is -0.645. The van der Waals surface area contributed by atoms with Gasteiger partial charge in [0.25, 0.3) is 5.91 Å². The maximum atomic E-state index is 12.4. The number of Topliss-reactive ketones (excluding diaryl/α,β-unsaturated/α-hetero) is 1. The molecule has 0 atom stereocenters. The lowest BCUT2D eigenvalue weighted by Crippen LogP contribution is -2.12. The van der Waals surface area contributed by atoms with Gasteiger partial charge in [-0.05, 0) is 36.4 Å². The Labute approximate surface area is 150 Å². The van der Waals surface area contributed by atoms with Crippen LogP contribution in [-0.2, 0) is 4.79 Å². The molecule has 136 valence electrons. The number of carbonyl (C=O) groups is 3. The van der Waals surface area contributed by atoms with Gasteiger partial charge in [0.2, 0.25) is 0 Å². The van der Waals surface area contributed by atoms with Crippen molar-refractivity contribution in [2.75, 3.05) is 19.5 Å². The van der Waals surface area contributed by atoms with E-state index < -0.39 is 5.97 Å². The fourth-order valence-corrected chi connectivity index (χ4v) is 2.25. The smallest absolute Gasteiger partial charge is 0.303 e. The number of carboxylic acid groups (broad SMARTS) is 1. The molecule has 0 saturated carbocycles. The van der Waals surface area contributed by atoms with Crippen LogP contribution in [0.4, 0.5) is 5.69 Å². The predicted molar refractivity (Wildman–Crippen MR) is 95.1 cm³/mol. The lowest BCUT2D eigenvalue weighted by Gasteiger charge is -2.09. The standard InChI is InChI=1S/C19H19NO6/c1-25-15-9-13(10-16(11-15)26-2)19(24)20-14-5-3-12(4-6-14)17(21)7-8-18(22)23/h3-6,9-11H,7-8H2,1-2H3,(H,20,24)(H,22,23). The highest BCUT2D eigenvalue weighted by Gasteiger charge is 2.12. The van der Waals surface area contributed by atoms with Gasteiger partial charge in [-0.15, -0.1) is 0 Å². The minimum absolute atomic E-state index is 0.0648. The number of hydrogen-bond acceptors (Lipinski definition) is 5. The van der Waals surface area contributed by atoms with E-state index in [-0.39, 0.29) is 24.5 Å². The molecule has 2 N–H and O–H groups in total. The molecule has 0 aliphatic rings. The number of benzene rings is 2. The van der Waals surface area contributed by atoms with Crippen LogP contribution in [0, 0.1) is 0 Å². The zero-order chi connectivity index (χ0) is 19.1. The van der Waals surface area contributed by atoms with Gasteiger partial charge >= 0.3 is 5.97 Å². The Morgan fingerprint density at radius 3 is 1.96 bits per heavy atom. The summed E-state index contributed by atoms with van der Waals surface area (Å²) in [6.07, 6.45) is -0.278. The van der Waals surface area contributed by atoms with Gasteiger partial charge in [-0.1, -0.05) is 0 Å². The average Bonchev–Trinajstić information content (AvgIpc) is 2.66. The third kappa shape index (κ3) is 5.07. The lowest BCUT2D eigenvalue weighted by molar-refractivity contribution is -0.136. The van der Waals surface area contributed by atoms with Gasteiger partial charge in [0.15, 0.2) is 5.78 Å². The first-order valence-electron chi connectivity index (χ1n) is 7.82. The number of methoxy groups -OCH3 is 2. The number of ether oxygens (including phenoxy) is 2. The summed E-state index contributed by atoms with van der Waals surface area (Å²) in [5, 5.41) is 11.3. The van der Waals surface area contributed by atoms with Crippen LogP contribution in [0.5, 0.6) is 11.5 Å². The van der Waals surface area contributed by atoms with Gasteiger partial charge < -0.3 is 19.9 Å². The van der Waals surface area contributed by atoms with E-state index in [1.54, 1.807) is 42.5 Å². The van der Waals surface area contributed by atoms with Gasteiger partial charge in [0, 0.05) is 29.3 Å². The number of ketones is 1. The quantitative estimate of drug-likeness (QED) is 0.704. The molecule has 0 heterocycles. The lowest BCUT2D eigenvalue weighted by atomic mass is 10.1. The van der Waals surface area contributed by atoms with E-state index in [4.69, 9.17) is 14.6 Å². The maximum Gasteiger partial charge on any atom is 0.303 e. The third-order valence-corrected chi connectivity index (χ3v) is 3.64. The zero-order valence-electron chi connectivity index (χ0n) is 14.4. The second-order valence-electron chi connectivity index (χ2n) is 5.45. The molecule has 2 aromatic rings. The Morgan fingerprint density at radius 2 is 1.46 bits per heavy atom. The van der Waals surface area contributed by atoms with Crippen LogP contribution in [-0.4, -0.2) is 37.0 Å². The van der Waals surface area contributed by atoms with Crippen molar-refractivity contribution in [1.82, 2.24) is 0 Å². The summed E-state index contributed by atoms with van der Waals surface area (Å²) in [6.45, 7) is 0. The van der Waals surface area contributed by atoms with Crippen molar-refractivity contribution in [3.8, 4) is 11.5 Å². The molecule has 0 aliphatic heterocycles. The van der Waals surface area contributed by atoms with Crippen LogP contribution in [0.2, 0.25) is 0 Å². The number of anilines is 1. The van der Waals surface area contributed by atoms with E-state index in [0.717, 1.165) is 0 Å². The molecule has 0 radical (unpaired) electrons. The number of amides is 1. The fourth-order valence-electron chi connectivity index (χ4n) is 2.25. The van der Waals surface area contributed by atoms with E-state index >= 15 is 0 Å². The molecule has 1 amide bonds. The summed E-state index contributed by atoms with van der Waals surface area (Å²) in [4.78, 5) is 34.8. The maximum absolute atomic E-state index is 12.4. The SMILES string of the molecule is COc1cc(OC)cc(C(=O)Nc2ccc(C(=O)CCC(=O)O)cc2)c1. The molecule has 7 heteroatoms. The summed E-state index contributed by atoms with van der Waals surface area (Å²) in [6, 6.07) is 11.1. The van der Waals surface area contributed by atoms with Crippen molar-refractivity contribution >= 4 is 23.3 Å². The van der Waals surface area contributed by atoms with Crippen LogP contribution in [0.25, 0.3) is 0 Å². The van der Waals surface area contributed by atoms with Gasteiger partial charge in [-0.3, -0.25) is 14.4 Å². The minimum Gasteiger partial charge on any atom is -0.497 e. The van der Waals surface area contributed by atoms with E-state index in [9.17, 15) is 14.4 Å². The topological polar surface area (TPSA) is 102 Å². The molecule has 0 bridgehead atoms. The number of hydrogen-bond donors (Lipinski definition) is 2. The molecule has 0 spiro atoms. The van der Waals surface area contributed by atoms with E-state index in [0.29, 0.717) is 28.3 Å². The molecule has 26 heavy (non-hydrogen) atoms. The van der Waals surface area contributed by atoms with E-state index in [2.05, 4.69) is 5.32 Å². The third-order valence-electron chi connectivity index (χ3n) is 3.64. The Bertz CT molecular complexity index is 791. The molecule has 7 nitrogen and oxygen atoms in total. The Hall–Kier alpha value is -3.35. The van der Waals surface area contributed by atoms with Gasteiger partial charge in [-0.25, -0.2) is 0 Å². The molecule has 2 rings (SSSR count). The fraction of sp³-hybridized carbons (Fsp3) is 0.211. The first-order chi connectivity index (χ1) is 12.4. The molecular formula is C19H19NO6. The number of carbonyl (C=O) groups excluding carboxylic acids is 2. The monoisotopic (exact) mass is 357 g/mol. The van der Waals surface area contributed by atoms with Crippen molar-refractivity contribution in [2.24, 2.45) is 0 Å². The molecular weight excluding hydrogens is 338 g/mol. The van der Waals surface area contributed by atoms with Crippen LogP contribution in [0.3, 0.4) is 0 Å². The summed E-state index contributed by atoms with van der Waals surface area (Å²) in [5.41, 5.74) is 1.27. The number of carboxylic acids is 1. The Morgan fingerprint density at radius 1 is 0.885 bits per heavy atom. The second-order valence-corrected chi connectivity index (χ2v) is 5.45. The molecule has 0 aromatic heterocycles. The predicted octanol–water partition coefficient (Wildman–Crippen LogP) is 3.00. The highest BCUT2D eigenvalue weighted by Crippen LogP contribution is 2.23. The van der Waals surface area contributed by atoms with E-state index in [1.807, 2.05) is 0 Å². The molecule has 0 unspecified atom stereocenters. The first-order valence-corrected chi connectivity index (χ1v) is 7.82. The highest BCUT2D eigenvalue weighted by atomic mass is 16.5. The van der Waals surface area contributed by atoms with Crippen LogP contribution in [0.15, 0.2) is 42.5 Å². The van der Waals surface area contributed by atoms with Crippen LogP contribution in [0.1, 0.15) is 33.6 Å². The van der Waals surface area contributed by atoms with Crippen LogP contribution < -0.4 is 14.8 Å². The zero-order valence-corrected chi connectivity index (χ0v) is 14.4. The Kier molecular flexibility index (Phi) is 6.32. The molecule has 2 aromatic carbocycles. The number of nitrogens with one attached hydrogen (secondary N) is 1. The van der Waals surface area contributed by atoms with Crippen molar-refractivity contribution in [2.45, 2.75) is 12.8 Å². The normalized spacial score (nSPS) is 10.1. The molecule has 0 saturated heterocycles. The minimum atomic E-state index is -1.02. The summed E-state index contributed by atoms with van der Waals surface area (Å²) >= 11 is 0. The second kappa shape index (κ2) is 8.66. The van der Waals surface area contributed by atoms with Crippen molar-refractivity contribution in [1.29, 1.82) is 0 Å². The van der Waals surface area contributed by atoms with Crippen molar-refractivity contribution in [3.63, 3.8) is 0 Å². The van der Waals surface area contributed by atoms with Crippen molar-refractivity contribution < 1.29 is 29.0 Å². The number of rotatable bonds is 8. The van der Waals surface area contributed by atoms with Gasteiger partial charge in [0.05, 0.1) is 20.6 Å². The highest BCUT2D eigenvalue weighted by molar-refractivity contribution is 6.05. The Balaban J connectivity index is 2.08. The molecule has 0 fully saturated rings. The summed E-state index contributed by atoms with van der Waals surface area (Å²) < 4.78 is 10.3. The molecule has 0 aliphatic carbocycles.